The summed E-state index contributed by atoms with van der Waals surface area (Å²) in [5, 5.41) is 22.2. The zero-order valence-corrected chi connectivity index (χ0v) is 13.9. The Morgan fingerprint density at radius 2 is 1.81 bits per heavy atom. The molecule has 1 aliphatic rings. The summed E-state index contributed by atoms with van der Waals surface area (Å²) in [6, 6.07) is 11.9. The zero-order valence-electron chi connectivity index (χ0n) is 13.9. The summed E-state index contributed by atoms with van der Waals surface area (Å²) in [6.07, 6.45) is -0.0663. The van der Waals surface area contributed by atoms with E-state index in [1.165, 1.54) is 0 Å². The van der Waals surface area contributed by atoms with Crippen LogP contribution in [0.5, 0.6) is 11.5 Å². The summed E-state index contributed by atoms with van der Waals surface area (Å²) in [5.41, 5.74) is 2.05. The number of carboxylic acid groups (broad SMARTS) is 1. The molecule has 0 amide bonds. The van der Waals surface area contributed by atoms with E-state index in [1.54, 1.807) is 42.5 Å². The number of aliphatic carboxylic acids is 1. The van der Waals surface area contributed by atoms with E-state index in [9.17, 15) is 9.59 Å². The van der Waals surface area contributed by atoms with Gasteiger partial charge in [-0.3, -0.25) is 19.8 Å². The lowest BCUT2D eigenvalue weighted by Gasteiger charge is -2.01. The number of carbonyl (C=O) groups is 1. The maximum atomic E-state index is 12.1. The van der Waals surface area contributed by atoms with Crippen LogP contribution in [0.4, 0.5) is 11.4 Å². The molecule has 0 atom stereocenters. The Hall–Kier alpha value is -3.88. The standard InChI is InChI=1S/C18H14N4O5/c23-15(24)7-10-1-4-12(5-2-10)19-21-17-16(20-22-18(17)25)11-3-6-13-14(8-11)27-9-26-13/h1-6,8H,7,9H2,(H,23,24)(H2,20,22,25). The van der Waals surface area contributed by atoms with E-state index in [0.717, 1.165) is 0 Å². The van der Waals surface area contributed by atoms with Crippen molar-refractivity contribution < 1.29 is 19.4 Å². The largest absolute Gasteiger partial charge is 0.481 e. The molecule has 0 spiro atoms. The molecule has 9 nitrogen and oxygen atoms in total. The smallest absolute Gasteiger partial charge is 0.307 e. The van der Waals surface area contributed by atoms with Crippen LogP contribution >= 0.6 is 0 Å². The van der Waals surface area contributed by atoms with Crippen LogP contribution in [0.25, 0.3) is 11.3 Å². The van der Waals surface area contributed by atoms with Crippen LogP contribution in [0.15, 0.2) is 57.5 Å². The van der Waals surface area contributed by atoms with E-state index in [4.69, 9.17) is 14.6 Å². The molecule has 2 aromatic carbocycles. The molecule has 0 fully saturated rings. The summed E-state index contributed by atoms with van der Waals surface area (Å²) >= 11 is 0. The molecule has 0 radical (unpaired) electrons. The van der Waals surface area contributed by atoms with E-state index in [2.05, 4.69) is 20.4 Å². The molecule has 0 saturated carbocycles. The van der Waals surface area contributed by atoms with E-state index in [1.807, 2.05) is 0 Å². The Labute approximate surface area is 152 Å². The molecule has 1 aliphatic heterocycles. The fourth-order valence-corrected chi connectivity index (χ4v) is 2.67. The Morgan fingerprint density at radius 1 is 1.04 bits per heavy atom. The number of hydrogen-bond acceptors (Lipinski definition) is 6. The van der Waals surface area contributed by atoms with Gasteiger partial charge in [-0.2, -0.15) is 5.11 Å². The van der Waals surface area contributed by atoms with Gasteiger partial charge in [-0.05, 0) is 35.9 Å². The van der Waals surface area contributed by atoms with Crippen LogP contribution in [0, 0.1) is 0 Å². The second kappa shape index (κ2) is 6.79. The first-order valence-electron chi connectivity index (χ1n) is 8.03. The molecule has 0 unspecified atom stereocenters. The molecule has 9 heteroatoms. The lowest BCUT2D eigenvalue weighted by atomic mass is 10.1. The first-order chi connectivity index (χ1) is 13.1. The number of carboxylic acids is 1. The average molecular weight is 366 g/mol. The summed E-state index contributed by atoms with van der Waals surface area (Å²) in [6.45, 7) is 0.160. The number of nitrogens with one attached hydrogen (secondary N) is 2. The minimum atomic E-state index is -0.906. The summed E-state index contributed by atoms with van der Waals surface area (Å²) < 4.78 is 10.6. The second-order valence-electron chi connectivity index (χ2n) is 5.81. The van der Waals surface area contributed by atoms with Crippen LogP contribution < -0.4 is 15.0 Å². The van der Waals surface area contributed by atoms with Gasteiger partial charge in [0.2, 0.25) is 6.79 Å². The van der Waals surface area contributed by atoms with Crippen molar-refractivity contribution in [1.82, 2.24) is 10.2 Å². The topological polar surface area (TPSA) is 129 Å². The van der Waals surface area contributed by atoms with Gasteiger partial charge in [-0.25, -0.2) is 0 Å². The van der Waals surface area contributed by atoms with Crippen LogP contribution in [0.3, 0.4) is 0 Å². The van der Waals surface area contributed by atoms with E-state index >= 15 is 0 Å². The van der Waals surface area contributed by atoms with Gasteiger partial charge in [0.25, 0.3) is 5.56 Å². The SMILES string of the molecule is O=C(O)Cc1ccc(N=Nc2c(-c3ccc4c(c3)OCO4)[nH][nH]c2=O)cc1. The van der Waals surface area contributed by atoms with Gasteiger partial charge in [0, 0.05) is 5.56 Å². The summed E-state index contributed by atoms with van der Waals surface area (Å²) in [5.74, 6) is 0.323. The third kappa shape index (κ3) is 3.43. The molecule has 27 heavy (non-hydrogen) atoms. The highest BCUT2D eigenvalue weighted by molar-refractivity contribution is 5.73. The molecule has 4 rings (SSSR count). The van der Waals surface area contributed by atoms with Crippen molar-refractivity contribution in [3.63, 3.8) is 0 Å². The van der Waals surface area contributed by atoms with Gasteiger partial charge in [0.05, 0.1) is 17.8 Å². The fraction of sp³-hybridized carbons (Fsp3) is 0.111. The molecule has 0 aliphatic carbocycles. The predicted octanol–water partition coefficient (Wildman–Crippen LogP) is 3.14. The fourth-order valence-electron chi connectivity index (χ4n) is 2.67. The Kier molecular flexibility index (Phi) is 4.17. The highest BCUT2D eigenvalue weighted by Gasteiger charge is 2.17. The van der Waals surface area contributed by atoms with Gasteiger partial charge in [0.1, 0.15) is 0 Å². The van der Waals surface area contributed by atoms with Gasteiger partial charge in [-0.1, -0.05) is 12.1 Å². The Morgan fingerprint density at radius 3 is 2.59 bits per heavy atom. The maximum absolute atomic E-state index is 12.1. The van der Waals surface area contributed by atoms with Crippen LogP contribution in [0.2, 0.25) is 0 Å². The van der Waals surface area contributed by atoms with E-state index < -0.39 is 11.5 Å². The third-order valence-electron chi connectivity index (χ3n) is 3.97. The summed E-state index contributed by atoms with van der Waals surface area (Å²) in [7, 11) is 0. The Bertz CT molecular complexity index is 1080. The number of aromatic nitrogens is 2. The first-order valence-corrected chi connectivity index (χ1v) is 8.03. The van der Waals surface area contributed by atoms with Gasteiger partial charge in [0.15, 0.2) is 17.2 Å². The van der Waals surface area contributed by atoms with Gasteiger partial charge in [-0.15, -0.1) is 5.11 Å². The van der Waals surface area contributed by atoms with Gasteiger partial charge < -0.3 is 14.6 Å². The van der Waals surface area contributed by atoms with Crippen molar-refractivity contribution in [3.8, 4) is 22.8 Å². The van der Waals surface area contributed by atoms with Crippen molar-refractivity contribution in [2.45, 2.75) is 6.42 Å². The molecule has 0 saturated heterocycles. The minimum absolute atomic E-state index is 0.0663. The van der Waals surface area contributed by atoms with Crippen molar-refractivity contribution in [3.05, 3.63) is 58.4 Å². The number of aromatic amines is 2. The number of nitrogens with zero attached hydrogens (tertiary/aromatic N) is 2. The second-order valence-corrected chi connectivity index (χ2v) is 5.81. The Balaban J connectivity index is 1.61. The number of ether oxygens (including phenoxy) is 2. The zero-order chi connectivity index (χ0) is 18.8. The number of rotatable bonds is 5. The van der Waals surface area contributed by atoms with Gasteiger partial charge >= 0.3 is 5.97 Å². The lowest BCUT2D eigenvalue weighted by molar-refractivity contribution is -0.136. The molecule has 136 valence electrons. The van der Waals surface area contributed by atoms with Crippen molar-refractivity contribution >= 4 is 17.3 Å². The highest BCUT2D eigenvalue weighted by Crippen LogP contribution is 2.37. The van der Waals surface area contributed by atoms with Crippen LogP contribution in [-0.2, 0) is 11.2 Å². The summed E-state index contributed by atoms with van der Waals surface area (Å²) in [4.78, 5) is 22.8. The van der Waals surface area contributed by atoms with Crippen molar-refractivity contribution in [1.29, 1.82) is 0 Å². The maximum Gasteiger partial charge on any atom is 0.307 e. The lowest BCUT2D eigenvalue weighted by Crippen LogP contribution is -1.99. The van der Waals surface area contributed by atoms with Crippen LogP contribution in [-0.4, -0.2) is 28.1 Å². The van der Waals surface area contributed by atoms with Crippen LogP contribution in [0.1, 0.15) is 5.56 Å². The number of H-pyrrole nitrogens is 2. The van der Waals surface area contributed by atoms with Crippen molar-refractivity contribution in [2.75, 3.05) is 6.79 Å². The molecular weight excluding hydrogens is 352 g/mol. The number of benzene rings is 2. The average Bonchev–Trinajstić information content (AvgIpc) is 3.26. The van der Waals surface area contributed by atoms with E-state index in [0.29, 0.717) is 34.0 Å². The first kappa shape index (κ1) is 16.6. The predicted molar refractivity (Wildman–Crippen MR) is 94.9 cm³/mol. The monoisotopic (exact) mass is 366 g/mol. The molecule has 3 N–H and O–H groups in total. The normalized spacial score (nSPS) is 12.6. The number of hydrogen-bond donors (Lipinski definition) is 3. The molecule has 3 aromatic rings. The van der Waals surface area contributed by atoms with Crippen molar-refractivity contribution in [2.24, 2.45) is 10.2 Å². The highest BCUT2D eigenvalue weighted by atomic mass is 16.7. The quantitative estimate of drug-likeness (QED) is 0.597. The molecule has 2 heterocycles. The molecule has 1 aromatic heterocycles. The van der Waals surface area contributed by atoms with E-state index in [-0.39, 0.29) is 18.9 Å². The number of fused-ring (bicyclic) bond motifs is 1. The minimum Gasteiger partial charge on any atom is -0.481 e. The molecule has 0 bridgehead atoms. The molecular formula is C18H14N4O5. The third-order valence-corrected chi connectivity index (χ3v) is 3.97. The number of azo groups is 1.